The molecule has 114 valence electrons. The zero-order valence-electron chi connectivity index (χ0n) is 13.3. The van der Waals surface area contributed by atoms with Crippen LogP contribution in [0.3, 0.4) is 0 Å². The highest BCUT2D eigenvalue weighted by atomic mass is 16.5. The van der Waals surface area contributed by atoms with E-state index in [1.165, 1.54) is 18.4 Å². The minimum atomic E-state index is 0.121. The summed E-state index contributed by atoms with van der Waals surface area (Å²) < 4.78 is 7.08. The van der Waals surface area contributed by atoms with Gasteiger partial charge in [-0.2, -0.15) is 0 Å². The first-order valence-electron chi connectivity index (χ1n) is 7.71. The van der Waals surface area contributed by atoms with Gasteiger partial charge in [0.15, 0.2) is 0 Å². The SMILES string of the molecule is COC(C)Cn1cc(-c2ccc(C#CC3CC3)cc2C)nn1. The summed E-state index contributed by atoms with van der Waals surface area (Å²) in [4.78, 5) is 0. The zero-order valence-corrected chi connectivity index (χ0v) is 13.3. The summed E-state index contributed by atoms with van der Waals surface area (Å²) in [7, 11) is 1.70. The molecule has 1 heterocycles. The predicted molar refractivity (Wildman–Crippen MR) is 86.3 cm³/mol. The molecule has 1 saturated carbocycles. The van der Waals surface area contributed by atoms with Gasteiger partial charge in [0.25, 0.3) is 0 Å². The van der Waals surface area contributed by atoms with Gasteiger partial charge in [-0.15, -0.1) is 5.10 Å². The average Bonchev–Trinajstić information content (AvgIpc) is 3.24. The molecule has 1 aromatic carbocycles. The van der Waals surface area contributed by atoms with Crippen LogP contribution in [0.15, 0.2) is 24.4 Å². The Balaban J connectivity index is 1.78. The molecule has 4 nitrogen and oxygen atoms in total. The van der Waals surface area contributed by atoms with Gasteiger partial charge >= 0.3 is 0 Å². The lowest BCUT2D eigenvalue weighted by molar-refractivity contribution is 0.0993. The molecule has 22 heavy (non-hydrogen) atoms. The molecular formula is C18H21N3O. The van der Waals surface area contributed by atoms with Crippen molar-refractivity contribution in [3.05, 3.63) is 35.5 Å². The number of ether oxygens (including phenoxy) is 1. The molecule has 0 spiro atoms. The van der Waals surface area contributed by atoms with Crippen molar-refractivity contribution < 1.29 is 4.74 Å². The normalized spacial score (nSPS) is 15.2. The highest BCUT2D eigenvalue weighted by molar-refractivity contribution is 5.64. The second-order valence-corrected chi connectivity index (χ2v) is 5.95. The van der Waals surface area contributed by atoms with Gasteiger partial charge in [0.1, 0.15) is 5.69 Å². The van der Waals surface area contributed by atoms with Crippen molar-refractivity contribution in [1.29, 1.82) is 0 Å². The van der Waals surface area contributed by atoms with Gasteiger partial charge in [0.05, 0.1) is 18.8 Å². The third-order valence-electron chi connectivity index (χ3n) is 3.89. The van der Waals surface area contributed by atoms with E-state index in [0.29, 0.717) is 12.5 Å². The number of hydrogen-bond donors (Lipinski definition) is 0. The first-order chi connectivity index (χ1) is 10.7. The molecule has 3 rings (SSSR count). The molecule has 1 aliphatic carbocycles. The first-order valence-corrected chi connectivity index (χ1v) is 7.71. The maximum Gasteiger partial charge on any atom is 0.113 e. The number of methoxy groups -OCH3 is 1. The molecule has 0 saturated heterocycles. The molecule has 4 heteroatoms. The zero-order chi connectivity index (χ0) is 15.5. The lowest BCUT2D eigenvalue weighted by Crippen LogP contribution is -2.14. The lowest BCUT2D eigenvalue weighted by Gasteiger charge is -2.07. The maximum absolute atomic E-state index is 5.26. The highest BCUT2D eigenvalue weighted by Crippen LogP contribution is 2.28. The topological polar surface area (TPSA) is 39.9 Å². The fourth-order valence-corrected chi connectivity index (χ4v) is 2.29. The molecule has 0 aliphatic heterocycles. The van der Waals surface area contributed by atoms with E-state index in [1.54, 1.807) is 7.11 Å². The second-order valence-electron chi connectivity index (χ2n) is 5.95. The summed E-state index contributed by atoms with van der Waals surface area (Å²) in [6, 6.07) is 6.27. The van der Waals surface area contributed by atoms with E-state index >= 15 is 0 Å². The Hall–Kier alpha value is -2.12. The van der Waals surface area contributed by atoms with Crippen molar-refractivity contribution in [2.45, 2.75) is 39.3 Å². The highest BCUT2D eigenvalue weighted by Gasteiger charge is 2.17. The van der Waals surface area contributed by atoms with Gasteiger partial charge in [-0.05, 0) is 44.4 Å². The van der Waals surface area contributed by atoms with Crippen LogP contribution in [-0.4, -0.2) is 28.2 Å². The second kappa shape index (κ2) is 6.33. The number of aryl methyl sites for hydroxylation is 1. The third kappa shape index (κ3) is 3.55. The first kappa shape index (κ1) is 14.8. The van der Waals surface area contributed by atoms with Crippen LogP contribution in [0, 0.1) is 24.7 Å². The Morgan fingerprint density at radius 3 is 2.91 bits per heavy atom. The van der Waals surface area contributed by atoms with E-state index in [4.69, 9.17) is 4.74 Å². The number of aromatic nitrogens is 3. The Bertz CT molecular complexity index is 719. The molecule has 0 bridgehead atoms. The van der Waals surface area contributed by atoms with Crippen LogP contribution in [0.4, 0.5) is 0 Å². The summed E-state index contributed by atoms with van der Waals surface area (Å²) in [5.41, 5.74) is 4.25. The Labute approximate surface area is 131 Å². The molecule has 0 radical (unpaired) electrons. The molecule has 1 atom stereocenters. The summed E-state index contributed by atoms with van der Waals surface area (Å²) in [6.07, 6.45) is 4.60. The van der Waals surface area contributed by atoms with E-state index in [9.17, 15) is 0 Å². The largest absolute Gasteiger partial charge is 0.380 e. The summed E-state index contributed by atoms with van der Waals surface area (Å²) in [6.45, 7) is 4.81. The van der Waals surface area contributed by atoms with Crippen LogP contribution in [0.2, 0.25) is 0 Å². The van der Waals surface area contributed by atoms with Crippen molar-refractivity contribution in [1.82, 2.24) is 15.0 Å². The van der Waals surface area contributed by atoms with Gasteiger partial charge in [-0.3, -0.25) is 0 Å². The van der Waals surface area contributed by atoms with Crippen LogP contribution in [-0.2, 0) is 11.3 Å². The van der Waals surface area contributed by atoms with E-state index in [0.717, 1.165) is 16.8 Å². The minimum absolute atomic E-state index is 0.121. The number of nitrogens with zero attached hydrogens (tertiary/aromatic N) is 3. The summed E-state index contributed by atoms with van der Waals surface area (Å²) in [5.74, 6) is 7.18. The molecule has 1 aliphatic rings. The number of benzene rings is 1. The van der Waals surface area contributed by atoms with Crippen molar-refractivity contribution in [2.75, 3.05) is 7.11 Å². The van der Waals surface area contributed by atoms with Crippen molar-refractivity contribution in [3.8, 4) is 23.1 Å². The van der Waals surface area contributed by atoms with E-state index < -0.39 is 0 Å². The molecule has 1 fully saturated rings. The predicted octanol–water partition coefficient (Wildman–Crippen LogP) is 3.05. The average molecular weight is 295 g/mol. The fourth-order valence-electron chi connectivity index (χ4n) is 2.29. The number of hydrogen-bond acceptors (Lipinski definition) is 3. The van der Waals surface area contributed by atoms with Crippen molar-refractivity contribution in [3.63, 3.8) is 0 Å². The Kier molecular flexibility index (Phi) is 4.26. The summed E-state index contributed by atoms with van der Waals surface area (Å²) >= 11 is 0. The lowest BCUT2D eigenvalue weighted by atomic mass is 10.0. The van der Waals surface area contributed by atoms with Gasteiger partial charge in [-0.1, -0.05) is 23.1 Å². The fraction of sp³-hybridized carbons (Fsp3) is 0.444. The van der Waals surface area contributed by atoms with Crippen molar-refractivity contribution in [2.24, 2.45) is 5.92 Å². The van der Waals surface area contributed by atoms with E-state index in [1.807, 2.05) is 17.8 Å². The molecule has 0 amide bonds. The standard InChI is InChI=1S/C18H21N3O/c1-13-10-16(7-6-15-4-5-15)8-9-17(13)18-12-21(20-19-18)11-14(2)22-3/h8-10,12,14-15H,4-5,11H2,1-3H3. The van der Waals surface area contributed by atoms with Crippen LogP contribution in [0.1, 0.15) is 30.9 Å². The van der Waals surface area contributed by atoms with Crippen LogP contribution < -0.4 is 0 Å². The summed E-state index contributed by atoms with van der Waals surface area (Å²) in [5, 5.41) is 8.44. The smallest absolute Gasteiger partial charge is 0.113 e. The van der Waals surface area contributed by atoms with Gasteiger partial charge < -0.3 is 4.74 Å². The molecule has 1 unspecified atom stereocenters. The molecule has 2 aromatic rings. The molecule has 1 aromatic heterocycles. The number of rotatable bonds is 4. The third-order valence-corrected chi connectivity index (χ3v) is 3.89. The minimum Gasteiger partial charge on any atom is -0.380 e. The van der Waals surface area contributed by atoms with Gasteiger partial charge in [0, 0.05) is 24.2 Å². The molecule has 0 N–H and O–H groups in total. The van der Waals surface area contributed by atoms with Crippen LogP contribution in [0.5, 0.6) is 0 Å². The molecular weight excluding hydrogens is 274 g/mol. The van der Waals surface area contributed by atoms with Crippen molar-refractivity contribution >= 4 is 0 Å². The van der Waals surface area contributed by atoms with E-state index in [2.05, 4.69) is 47.3 Å². The van der Waals surface area contributed by atoms with E-state index in [-0.39, 0.29) is 6.10 Å². The van der Waals surface area contributed by atoms with Crippen LogP contribution in [0.25, 0.3) is 11.3 Å². The monoisotopic (exact) mass is 295 g/mol. The van der Waals surface area contributed by atoms with Crippen LogP contribution >= 0.6 is 0 Å². The Morgan fingerprint density at radius 2 is 2.23 bits per heavy atom. The van der Waals surface area contributed by atoms with Gasteiger partial charge in [0.2, 0.25) is 0 Å². The quantitative estimate of drug-likeness (QED) is 0.814. The Morgan fingerprint density at radius 1 is 1.41 bits per heavy atom. The maximum atomic E-state index is 5.26. The van der Waals surface area contributed by atoms with Gasteiger partial charge in [-0.25, -0.2) is 4.68 Å².